The Balaban J connectivity index is 1.65. The van der Waals surface area contributed by atoms with Crippen LogP contribution in [-0.4, -0.2) is 12.6 Å². The molecule has 1 fully saturated rings. The van der Waals surface area contributed by atoms with Gasteiger partial charge in [0.1, 0.15) is 5.78 Å². The van der Waals surface area contributed by atoms with Crippen LogP contribution in [0.4, 0.5) is 0 Å². The van der Waals surface area contributed by atoms with Gasteiger partial charge in [-0.2, -0.15) is 0 Å². The van der Waals surface area contributed by atoms with Gasteiger partial charge < -0.3 is 9.47 Å². The molecule has 3 heteroatoms. The summed E-state index contributed by atoms with van der Waals surface area (Å²) < 4.78 is 10.6. The van der Waals surface area contributed by atoms with Gasteiger partial charge in [0.25, 0.3) is 0 Å². The van der Waals surface area contributed by atoms with Crippen LogP contribution >= 0.6 is 0 Å². The molecule has 1 aliphatic carbocycles. The Morgan fingerprint density at radius 2 is 2.00 bits per heavy atom. The molecule has 0 spiro atoms. The highest BCUT2D eigenvalue weighted by molar-refractivity contribution is 5.84. The molecule has 3 rings (SSSR count). The Labute approximate surface area is 107 Å². The van der Waals surface area contributed by atoms with E-state index >= 15 is 0 Å². The van der Waals surface area contributed by atoms with E-state index in [-0.39, 0.29) is 12.7 Å². The predicted molar refractivity (Wildman–Crippen MR) is 67.8 cm³/mol. The van der Waals surface area contributed by atoms with E-state index in [1.54, 1.807) is 0 Å². The van der Waals surface area contributed by atoms with Gasteiger partial charge in [-0.25, -0.2) is 0 Å². The van der Waals surface area contributed by atoms with Crippen molar-refractivity contribution in [3.05, 3.63) is 23.8 Å². The summed E-state index contributed by atoms with van der Waals surface area (Å²) in [6.45, 7) is 4.72. The largest absolute Gasteiger partial charge is 0.454 e. The van der Waals surface area contributed by atoms with Crippen molar-refractivity contribution in [2.45, 2.75) is 33.1 Å². The molecule has 2 aliphatic rings. The van der Waals surface area contributed by atoms with E-state index in [0.717, 1.165) is 29.9 Å². The fourth-order valence-electron chi connectivity index (χ4n) is 2.90. The summed E-state index contributed by atoms with van der Waals surface area (Å²) in [5, 5.41) is 0. The molecule has 1 saturated carbocycles. The molecule has 1 heterocycles. The highest BCUT2D eigenvalue weighted by atomic mass is 16.7. The van der Waals surface area contributed by atoms with Crippen LogP contribution in [0.3, 0.4) is 0 Å². The van der Waals surface area contributed by atoms with Crippen LogP contribution in [0.1, 0.15) is 32.3 Å². The van der Waals surface area contributed by atoms with Gasteiger partial charge in [-0.1, -0.05) is 19.9 Å². The molecule has 96 valence electrons. The van der Waals surface area contributed by atoms with E-state index in [2.05, 4.69) is 13.8 Å². The number of ketones is 1. The van der Waals surface area contributed by atoms with Crippen molar-refractivity contribution >= 4 is 5.78 Å². The van der Waals surface area contributed by atoms with Crippen LogP contribution in [0.2, 0.25) is 0 Å². The van der Waals surface area contributed by atoms with Gasteiger partial charge in [-0.05, 0) is 36.0 Å². The molecule has 0 bridgehead atoms. The maximum atomic E-state index is 12.1. The lowest BCUT2D eigenvalue weighted by Crippen LogP contribution is -2.37. The lowest BCUT2D eigenvalue weighted by molar-refractivity contribution is -0.128. The van der Waals surface area contributed by atoms with Crippen molar-refractivity contribution in [2.75, 3.05) is 6.79 Å². The first-order valence-corrected chi connectivity index (χ1v) is 6.45. The molecule has 0 aromatic heterocycles. The number of fused-ring (bicyclic) bond motifs is 1. The summed E-state index contributed by atoms with van der Waals surface area (Å²) in [6, 6.07) is 5.76. The minimum absolute atomic E-state index is 0.255. The lowest BCUT2D eigenvalue weighted by Gasteiger charge is -2.41. The zero-order valence-electron chi connectivity index (χ0n) is 10.9. The molecule has 1 aliphatic heterocycles. The normalized spacial score (nSPS) is 20.6. The third kappa shape index (κ3) is 2.09. The van der Waals surface area contributed by atoms with Crippen LogP contribution in [0.15, 0.2) is 18.2 Å². The summed E-state index contributed by atoms with van der Waals surface area (Å²) in [4.78, 5) is 12.1. The first-order valence-electron chi connectivity index (χ1n) is 6.45. The van der Waals surface area contributed by atoms with Crippen molar-refractivity contribution < 1.29 is 14.3 Å². The van der Waals surface area contributed by atoms with Gasteiger partial charge >= 0.3 is 0 Å². The monoisotopic (exact) mass is 246 g/mol. The number of ether oxygens (including phenoxy) is 2. The summed E-state index contributed by atoms with van der Waals surface area (Å²) in [5.41, 5.74) is 1.38. The molecule has 0 atom stereocenters. The Morgan fingerprint density at radius 3 is 2.72 bits per heavy atom. The van der Waals surface area contributed by atoms with E-state index < -0.39 is 0 Å². The smallest absolute Gasteiger partial charge is 0.231 e. The zero-order chi connectivity index (χ0) is 12.8. The highest BCUT2D eigenvalue weighted by Gasteiger charge is 2.39. The van der Waals surface area contributed by atoms with Crippen molar-refractivity contribution in [3.8, 4) is 11.5 Å². The number of carbonyl (C=O) groups is 1. The second kappa shape index (κ2) is 4.01. The molecule has 1 aromatic carbocycles. The third-order valence-electron chi connectivity index (χ3n) is 3.87. The van der Waals surface area contributed by atoms with E-state index in [9.17, 15) is 4.79 Å². The average Bonchev–Trinajstić information content (AvgIpc) is 2.72. The number of hydrogen-bond acceptors (Lipinski definition) is 3. The van der Waals surface area contributed by atoms with Gasteiger partial charge in [0.15, 0.2) is 11.5 Å². The van der Waals surface area contributed by atoms with Crippen molar-refractivity contribution in [2.24, 2.45) is 11.3 Å². The maximum Gasteiger partial charge on any atom is 0.231 e. The molecule has 0 saturated heterocycles. The first kappa shape index (κ1) is 11.6. The Morgan fingerprint density at radius 1 is 1.28 bits per heavy atom. The fraction of sp³-hybridized carbons (Fsp3) is 0.533. The molecule has 0 amide bonds. The molecule has 0 N–H and O–H groups in total. The molecule has 1 aromatic rings. The zero-order valence-corrected chi connectivity index (χ0v) is 10.9. The molecular formula is C15H18O3. The SMILES string of the molecule is CC1(C)CC(C(=O)Cc2ccc3c(c2)OCO3)C1. The summed E-state index contributed by atoms with van der Waals surface area (Å²) in [6.07, 6.45) is 2.56. The van der Waals surface area contributed by atoms with Gasteiger partial charge in [-0.3, -0.25) is 4.79 Å². The molecule has 18 heavy (non-hydrogen) atoms. The molecular weight excluding hydrogens is 228 g/mol. The fourth-order valence-corrected chi connectivity index (χ4v) is 2.90. The number of Topliss-reactive ketones (excluding diaryl/α,β-unsaturated/α-hetero) is 1. The second-order valence-electron chi connectivity index (χ2n) is 6.10. The van der Waals surface area contributed by atoms with Crippen molar-refractivity contribution in [1.82, 2.24) is 0 Å². The first-order chi connectivity index (χ1) is 8.53. The maximum absolute atomic E-state index is 12.1. The Bertz CT molecular complexity index is 483. The topological polar surface area (TPSA) is 35.5 Å². The summed E-state index contributed by atoms with van der Waals surface area (Å²) >= 11 is 0. The molecule has 3 nitrogen and oxygen atoms in total. The van der Waals surface area contributed by atoms with Gasteiger partial charge in [0.05, 0.1) is 0 Å². The quantitative estimate of drug-likeness (QED) is 0.822. The third-order valence-corrected chi connectivity index (χ3v) is 3.87. The molecule has 0 unspecified atom stereocenters. The standard InChI is InChI=1S/C15H18O3/c1-15(2)7-11(8-15)12(16)5-10-3-4-13-14(6-10)18-9-17-13/h3-4,6,11H,5,7-9H2,1-2H3. The minimum Gasteiger partial charge on any atom is -0.454 e. The van der Waals surface area contributed by atoms with Crippen LogP contribution < -0.4 is 9.47 Å². The summed E-state index contributed by atoms with van der Waals surface area (Å²) in [7, 11) is 0. The Kier molecular flexibility index (Phi) is 2.58. The average molecular weight is 246 g/mol. The highest BCUT2D eigenvalue weighted by Crippen LogP contribution is 2.45. The van der Waals surface area contributed by atoms with Crippen molar-refractivity contribution in [1.29, 1.82) is 0 Å². The number of benzene rings is 1. The summed E-state index contributed by atoms with van der Waals surface area (Å²) in [5.74, 6) is 2.14. The van der Waals surface area contributed by atoms with Crippen LogP contribution in [0, 0.1) is 11.3 Å². The molecule has 0 radical (unpaired) electrons. The van der Waals surface area contributed by atoms with Crippen LogP contribution in [0.5, 0.6) is 11.5 Å². The van der Waals surface area contributed by atoms with E-state index in [0.29, 0.717) is 17.6 Å². The number of rotatable bonds is 3. The van der Waals surface area contributed by atoms with Gasteiger partial charge in [0, 0.05) is 12.3 Å². The second-order valence-corrected chi connectivity index (χ2v) is 6.10. The number of hydrogen-bond donors (Lipinski definition) is 0. The van der Waals surface area contributed by atoms with E-state index in [4.69, 9.17) is 9.47 Å². The van der Waals surface area contributed by atoms with Gasteiger partial charge in [-0.15, -0.1) is 0 Å². The van der Waals surface area contributed by atoms with Crippen LogP contribution in [-0.2, 0) is 11.2 Å². The van der Waals surface area contributed by atoms with Gasteiger partial charge in [0.2, 0.25) is 6.79 Å². The minimum atomic E-state index is 0.255. The Hall–Kier alpha value is -1.51. The van der Waals surface area contributed by atoms with Crippen molar-refractivity contribution in [3.63, 3.8) is 0 Å². The predicted octanol–water partition coefficient (Wildman–Crippen LogP) is 2.96. The lowest BCUT2D eigenvalue weighted by atomic mass is 9.62. The number of carbonyl (C=O) groups excluding carboxylic acids is 1. The van der Waals surface area contributed by atoms with E-state index in [1.165, 1.54) is 0 Å². The van der Waals surface area contributed by atoms with Crippen LogP contribution in [0.25, 0.3) is 0 Å². The van der Waals surface area contributed by atoms with E-state index in [1.807, 2.05) is 18.2 Å².